The summed E-state index contributed by atoms with van der Waals surface area (Å²) in [4.78, 5) is 0. The summed E-state index contributed by atoms with van der Waals surface area (Å²) in [7, 11) is 0. The van der Waals surface area contributed by atoms with Gasteiger partial charge in [0.15, 0.2) is 0 Å². The van der Waals surface area contributed by atoms with Gasteiger partial charge in [0.1, 0.15) is 5.75 Å². The van der Waals surface area contributed by atoms with Gasteiger partial charge in [0.25, 0.3) is 0 Å². The lowest BCUT2D eigenvalue weighted by atomic mass is 9.91. The minimum absolute atomic E-state index is 0.318. The van der Waals surface area contributed by atoms with E-state index in [0.717, 1.165) is 17.4 Å². The Kier molecular flexibility index (Phi) is 5.83. The van der Waals surface area contributed by atoms with Crippen LogP contribution in [-0.2, 0) is 6.42 Å². The van der Waals surface area contributed by atoms with Gasteiger partial charge in [0.2, 0.25) is 0 Å². The Labute approximate surface area is 135 Å². The molecule has 0 saturated heterocycles. The lowest BCUT2D eigenvalue weighted by Gasteiger charge is -2.20. The Bertz CT molecular complexity index is 566. The second-order valence-electron chi connectivity index (χ2n) is 5.69. The van der Waals surface area contributed by atoms with Crippen LogP contribution in [0.4, 0.5) is 0 Å². The molecule has 0 radical (unpaired) electrons. The second kappa shape index (κ2) is 7.62. The number of benzene rings is 2. The Morgan fingerprint density at radius 3 is 2.43 bits per heavy atom. The lowest BCUT2D eigenvalue weighted by molar-refractivity contribution is 0.474. The molecular formula is C18H22BrNO. The molecule has 1 unspecified atom stereocenters. The quantitative estimate of drug-likeness (QED) is 0.807. The van der Waals surface area contributed by atoms with Gasteiger partial charge in [-0.3, -0.25) is 0 Å². The molecule has 2 aromatic rings. The number of aromatic hydroxyl groups is 1. The zero-order valence-electron chi connectivity index (χ0n) is 12.5. The number of phenols is 1. The van der Waals surface area contributed by atoms with E-state index in [1.807, 2.05) is 12.1 Å². The Balaban J connectivity index is 2.17. The first-order chi connectivity index (χ1) is 10.0. The van der Waals surface area contributed by atoms with Crippen molar-refractivity contribution in [2.45, 2.75) is 32.2 Å². The summed E-state index contributed by atoms with van der Waals surface area (Å²) in [5.74, 6) is 0.729. The average Bonchev–Trinajstić information content (AvgIpc) is 2.45. The van der Waals surface area contributed by atoms with E-state index in [1.165, 1.54) is 11.1 Å². The number of nitrogens with one attached hydrogen (secondary N) is 1. The van der Waals surface area contributed by atoms with Gasteiger partial charge in [-0.25, -0.2) is 0 Å². The molecule has 0 aliphatic carbocycles. The Morgan fingerprint density at radius 2 is 1.81 bits per heavy atom. The molecule has 0 amide bonds. The molecule has 0 spiro atoms. The summed E-state index contributed by atoms with van der Waals surface area (Å²) in [5, 5.41) is 12.9. The van der Waals surface area contributed by atoms with Gasteiger partial charge in [-0.05, 0) is 41.8 Å². The zero-order valence-corrected chi connectivity index (χ0v) is 14.1. The summed E-state index contributed by atoms with van der Waals surface area (Å²) >= 11 is 3.55. The molecule has 0 aliphatic heterocycles. The highest BCUT2D eigenvalue weighted by Crippen LogP contribution is 2.24. The summed E-state index contributed by atoms with van der Waals surface area (Å²) in [6, 6.07) is 16.5. The van der Waals surface area contributed by atoms with Gasteiger partial charge in [0, 0.05) is 23.0 Å². The molecule has 21 heavy (non-hydrogen) atoms. The maximum atomic E-state index is 9.40. The number of halogens is 1. The van der Waals surface area contributed by atoms with Gasteiger partial charge in [-0.15, -0.1) is 0 Å². The molecule has 2 rings (SSSR count). The normalized spacial score (nSPS) is 12.6. The highest BCUT2D eigenvalue weighted by molar-refractivity contribution is 9.10. The molecule has 112 valence electrons. The van der Waals surface area contributed by atoms with Crippen LogP contribution in [0, 0.1) is 0 Å². The van der Waals surface area contributed by atoms with Crippen LogP contribution in [-0.4, -0.2) is 17.7 Å². The fourth-order valence-corrected chi connectivity index (χ4v) is 2.78. The monoisotopic (exact) mass is 347 g/mol. The molecule has 2 aromatic carbocycles. The van der Waals surface area contributed by atoms with Crippen molar-refractivity contribution in [3.8, 4) is 5.75 Å². The third kappa shape index (κ3) is 5.18. The fourth-order valence-electron chi connectivity index (χ4n) is 2.36. The van der Waals surface area contributed by atoms with Gasteiger partial charge >= 0.3 is 0 Å². The SMILES string of the molecule is CC(C)NCC(Cc1ccc(O)cc1)c1cccc(Br)c1. The van der Waals surface area contributed by atoms with Crippen LogP contribution in [0.3, 0.4) is 0 Å². The largest absolute Gasteiger partial charge is 0.508 e. The van der Waals surface area contributed by atoms with Crippen LogP contribution in [0.15, 0.2) is 53.0 Å². The standard InChI is InChI=1S/C18H22BrNO/c1-13(2)20-12-16(15-4-3-5-17(19)11-15)10-14-6-8-18(21)9-7-14/h3-9,11,13,16,20-21H,10,12H2,1-2H3. The molecule has 0 heterocycles. The van der Waals surface area contributed by atoms with Crippen molar-refractivity contribution >= 4 is 15.9 Å². The second-order valence-corrected chi connectivity index (χ2v) is 6.60. The molecule has 0 aromatic heterocycles. The maximum absolute atomic E-state index is 9.40. The van der Waals surface area contributed by atoms with Gasteiger partial charge in [-0.1, -0.05) is 54.0 Å². The van der Waals surface area contributed by atoms with E-state index in [1.54, 1.807) is 12.1 Å². The molecule has 2 N–H and O–H groups in total. The van der Waals surface area contributed by atoms with Crippen molar-refractivity contribution in [2.24, 2.45) is 0 Å². The van der Waals surface area contributed by atoms with Gasteiger partial charge in [0.05, 0.1) is 0 Å². The maximum Gasteiger partial charge on any atom is 0.115 e. The Morgan fingerprint density at radius 1 is 1.10 bits per heavy atom. The van der Waals surface area contributed by atoms with Crippen molar-refractivity contribution < 1.29 is 5.11 Å². The van der Waals surface area contributed by atoms with E-state index in [9.17, 15) is 5.11 Å². The summed E-state index contributed by atoms with van der Waals surface area (Å²) in [6.07, 6.45) is 0.955. The third-order valence-electron chi connectivity index (χ3n) is 3.51. The summed E-state index contributed by atoms with van der Waals surface area (Å²) in [5.41, 5.74) is 2.56. The zero-order chi connectivity index (χ0) is 15.2. The van der Waals surface area contributed by atoms with Crippen LogP contribution >= 0.6 is 15.9 Å². The van der Waals surface area contributed by atoms with E-state index in [2.05, 4.69) is 59.4 Å². The van der Waals surface area contributed by atoms with Gasteiger partial charge < -0.3 is 10.4 Å². The molecule has 0 saturated carbocycles. The fraction of sp³-hybridized carbons (Fsp3) is 0.333. The third-order valence-corrected chi connectivity index (χ3v) is 4.00. The highest BCUT2D eigenvalue weighted by atomic mass is 79.9. The van der Waals surface area contributed by atoms with Crippen molar-refractivity contribution in [3.05, 3.63) is 64.1 Å². The molecule has 0 fully saturated rings. The number of hydrogen-bond acceptors (Lipinski definition) is 2. The first-order valence-electron chi connectivity index (χ1n) is 7.31. The van der Waals surface area contributed by atoms with Crippen LogP contribution < -0.4 is 5.32 Å². The average molecular weight is 348 g/mol. The van der Waals surface area contributed by atoms with E-state index in [-0.39, 0.29) is 0 Å². The van der Waals surface area contributed by atoms with Crippen LogP contribution in [0.1, 0.15) is 30.9 Å². The minimum atomic E-state index is 0.318. The number of phenolic OH excluding ortho intramolecular Hbond substituents is 1. The van der Waals surface area contributed by atoms with Crippen molar-refractivity contribution in [3.63, 3.8) is 0 Å². The Hall–Kier alpha value is -1.32. The van der Waals surface area contributed by atoms with Crippen molar-refractivity contribution in [1.29, 1.82) is 0 Å². The van der Waals surface area contributed by atoms with Gasteiger partial charge in [-0.2, -0.15) is 0 Å². The van der Waals surface area contributed by atoms with Crippen molar-refractivity contribution in [2.75, 3.05) is 6.54 Å². The molecule has 1 atom stereocenters. The summed E-state index contributed by atoms with van der Waals surface area (Å²) in [6.45, 7) is 5.27. The topological polar surface area (TPSA) is 32.3 Å². The van der Waals surface area contributed by atoms with Crippen molar-refractivity contribution in [1.82, 2.24) is 5.32 Å². The highest BCUT2D eigenvalue weighted by Gasteiger charge is 2.13. The molecule has 3 heteroatoms. The van der Waals surface area contributed by atoms with E-state index in [0.29, 0.717) is 17.7 Å². The number of hydrogen-bond donors (Lipinski definition) is 2. The smallest absolute Gasteiger partial charge is 0.115 e. The molecule has 2 nitrogen and oxygen atoms in total. The van der Waals surface area contributed by atoms with E-state index < -0.39 is 0 Å². The van der Waals surface area contributed by atoms with E-state index in [4.69, 9.17) is 0 Å². The van der Waals surface area contributed by atoms with Crippen LogP contribution in [0.2, 0.25) is 0 Å². The summed E-state index contributed by atoms with van der Waals surface area (Å²) < 4.78 is 1.11. The molecular weight excluding hydrogens is 326 g/mol. The van der Waals surface area contributed by atoms with Crippen LogP contribution in [0.5, 0.6) is 5.75 Å². The van der Waals surface area contributed by atoms with Crippen LogP contribution in [0.25, 0.3) is 0 Å². The number of rotatable bonds is 6. The molecule has 0 bridgehead atoms. The predicted octanol–water partition coefficient (Wildman–Crippen LogP) is 4.48. The first kappa shape index (κ1) is 16.1. The van der Waals surface area contributed by atoms with E-state index >= 15 is 0 Å². The lowest BCUT2D eigenvalue weighted by Crippen LogP contribution is -2.29. The predicted molar refractivity (Wildman–Crippen MR) is 91.8 cm³/mol. The minimum Gasteiger partial charge on any atom is -0.508 e. The first-order valence-corrected chi connectivity index (χ1v) is 8.10. The molecule has 0 aliphatic rings.